The average Bonchev–Trinajstić information content (AvgIpc) is 2.73. The van der Waals surface area contributed by atoms with Gasteiger partial charge in [-0.2, -0.15) is 0 Å². The molecule has 0 saturated heterocycles. The van der Waals surface area contributed by atoms with Crippen molar-refractivity contribution in [3.63, 3.8) is 0 Å². The fourth-order valence-corrected chi connectivity index (χ4v) is 2.45. The second kappa shape index (κ2) is 6.09. The molecule has 0 spiro atoms. The van der Waals surface area contributed by atoms with E-state index in [0.717, 1.165) is 27.4 Å². The number of aromatic nitrogens is 2. The van der Waals surface area contributed by atoms with Gasteiger partial charge in [0.1, 0.15) is 16.2 Å². The zero-order valence-corrected chi connectivity index (χ0v) is 12.8. The molecule has 6 heteroatoms. The van der Waals surface area contributed by atoms with Gasteiger partial charge in [0.2, 0.25) is 0 Å². The predicted octanol–water partition coefficient (Wildman–Crippen LogP) is 2.88. The van der Waals surface area contributed by atoms with Gasteiger partial charge in [-0.25, -0.2) is 4.98 Å². The Balaban J connectivity index is 2.42. The molecule has 0 unspecified atom stereocenters. The first kappa shape index (κ1) is 14.6. The third kappa shape index (κ3) is 2.85. The molecule has 0 atom stereocenters. The third-order valence-electron chi connectivity index (χ3n) is 3.01. The Morgan fingerprint density at radius 1 is 1.45 bits per heavy atom. The maximum absolute atomic E-state index is 10.7. The minimum absolute atomic E-state index is 0.0565. The largest absolute Gasteiger partial charge is 0.496 e. The Morgan fingerprint density at radius 2 is 2.15 bits per heavy atom. The number of carboxylic acids is 1. The molecule has 0 aliphatic carbocycles. The van der Waals surface area contributed by atoms with Crippen LogP contribution in [0.2, 0.25) is 0 Å². The van der Waals surface area contributed by atoms with Crippen LogP contribution in [0.4, 0.5) is 0 Å². The molecule has 20 heavy (non-hydrogen) atoms. The smallest absolute Gasteiger partial charge is 0.303 e. The number of carboxylic acid groups (broad SMARTS) is 1. The first-order valence-electron chi connectivity index (χ1n) is 6.11. The molecule has 0 radical (unpaired) electrons. The Bertz CT molecular complexity index is 637. The standard InChI is InChI=1S/C14H15BrN2O3/c1-17-13(15)10(7-8-12(18)19)16-14(17)9-5-3-4-6-11(9)20-2/h3-6H,7-8H2,1-2H3,(H,18,19). The van der Waals surface area contributed by atoms with E-state index >= 15 is 0 Å². The predicted molar refractivity (Wildman–Crippen MR) is 78.9 cm³/mol. The monoisotopic (exact) mass is 338 g/mol. The normalized spacial score (nSPS) is 10.6. The molecule has 0 aliphatic heterocycles. The van der Waals surface area contributed by atoms with E-state index in [1.165, 1.54) is 0 Å². The van der Waals surface area contributed by atoms with Crippen LogP contribution in [0.15, 0.2) is 28.9 Å². The number of benzene rings is 1. The number of nitrogens with zero attached hydrogens (tertiary/aromatic N) is 2. The van der Waals surface area contributed by atoms with Crippen molar-refractivity contribution in [2.24, 2.45) is 7.05 Å². The van der Waals surface area contributed by atoms with Gasteiger partial charge in [-0.05, 0) is 28.1 Å². The molecule has 0 fully saturated rings. The van der Waals surface area contributed by atoms with E-state index in [0.29, 0.717) is 6.42 Å². The fourth-order valence-electron chi connectivity index (χ4n) is 1.99. The van der Waals surface area contributed by atoms with Gasteiger partial charge in [-0.1, -0.05) is 12.1 Å². The number of rotatable bonds is 5. The lowest BCUT2D eigenvalue weighted by molar-refractivity contribution is -0.136. The number of para-hydroxylation sites is 1. The zero-order chi connectivity index (χ0) is 14.7. The summed E-state index contributed by atoms with van der Waals surface area (Å²) >= 11 is 3.46. The number of hydrogen-bond donors (Lipinski definition) is 1. The molecule has 5 nitrogen and oxygen atoms in total. The minimum Gasteiger partial charge on any atom is -0.496 e. The summed E-state index contributed by atoms with van der Waals surface area (Å²) in [6.07, 6.45) is 0.444. The number of ether oxygens (including phenoxy) is 1. The first-order valence-corrected chi connectivity index (χ1v) is 6.90. The van der Waals surface area contributed by atoms with Crippen LogP contribution in [0, 0.1) is 0 Å². The van der Waals surface area contributed by atoms with Crippen LogP contribution in [-0.4, -0.2) is 27.7 Å². The van der Waals surface area contributed by atoms with Crippen molar-refractivity contribution in [2.45, 2.75) is 12.8 Å². The highest BCUT2D eigenvalue weighted by Gasteiger charge is 2.17. The van der Waals surface area contributed by atoms with Crippen molar-refractivity contribution in [2.75, 3.05) is 7.11 Å². The summed E-state index contributed by atoms with van der Waals surface area (Å²) in [5.74, 6) is 0.647. The molecule has 0 aliphatic rings. The lowest BCUT2D eigenvalue weighted by Crippen LogP contribution is -1.98. The third-order valence-corrected chi connectivity index (χ3v) is 4.00. The summed E-state index contributed by atoms with van der Waals surface area (Å²) < 4.78 is 8.01. The molecule has 0 saturated carbocycles. The van der Waals surface area contributed by atoms with Crippen LogP contribution < -0.4 is 4.74 Å². The Labute approximate surface area is 125 Å². The van der Waals surface area contributed by atoms with Crippen LogP contribution in [-0.2, 0) is 18.3 Å². The van der Waals surface area contributed by atoms with Crippen molar-refractivity contribution in [3.8, 4) is 17.1 Å². The Hall–Kier alpha value is -1.82. The van der Waals surface area contributed by atoms with Crippen LogP contribution in [0.1, 0.15) is 12.1 Å². The molecule has 0 bridgehead atoms. The van der Waals surface area contributed by atoms with E-state index in [9.17, 15) is 4.79 Å². The zero-order valence-electron chi connectivity index (χ0n) is 11.3. The van der Waals surface area contributed by atoms with Gasteiger partial charge in [0.05, 0.1) is 24.8 Å². The van der Waals surface area contributed by atoms with Crippen LogP contribution in [0.5, 0.6) is 5.75 Å². The molecule has 1 heterocycles. The molecule has 106 valence electrons. The van der Waals surface area contributed by atoms with Gasteiger partial charge in [0.25, 0.3) is 0 Å². The maximum atomic E-state index is 10.7. The fraction of sp³-hybridized carbons (Fsp3) is 0.286. The van der Waals surface area contributed by atoms with Gasteiger partial charge in [-0.3, -0.25) is 4.79 Å². The van der Waals surface area contributed by atoms with Gasteiger partial charge in [0.15, 0.2) is 0 Å². The SMILES string of the molecule is COc1ccccc1-c1nc(CCC(=O)O)c(Br)n1C. The minimum atomic E-state index is -0.832. The second-order valence-electron chi connectivity index (χ2n) is 4.33. The van der Waals surface area contributed by atoms with Crippen molar-refractivity contribution in [1.82, 2.24) is 9.55 Å². The molecule has 1 aromatic carbocycles. The summed E-state index contributed by atoms with van der Waals surface area (Å²) in [7, 11) is 3.49. The van der Waals surface area contributed by atoms with E-state index in [1.807, 2.05) is 35.9 Å². The van der Waals surface area contributed by atoms with Gasteiger partial charge in [-0.15, -0.1) is 0 Å². The van der Waals surface area contributed by atoms with Crippen LogP contribution in [0.3, 0.4) is 0 Å². The molecular weight excluding hydrogens is 324 g/mol. The lowest BCUT2D eigenvalue weighted by Gasteiger charge is -2.07. The number of halogens is 1. The van der Waals surface area contributed by atoms with Gasteiger partial charge in [0, 0.05) is 13.5 Å². The van der Waals surface area contributed by atoms with E-state index in [1.54, 1.807) is 7.11 Å². The number of carbonyl (C=O) groups is 1. The molecule has 2 rings (SSSR count). The number of hydrogen-bond acceptors (Lipinski definition) is 3. The Kier molecular flexibility index (Phi) is 4.44. The highest BCUT2D eigenvalue weighted by Crippen LogP contribution is 2.32. The van der Waals surface area contributed by atoms with Crippen molar-refractivity contribution >= 4 is 21.9 Å². The molecule has 1 aromatic heterocycles. The summed E-state index contributed by atoms with van der Waals surface area (Å²) in [5.41, 5.74) is 1.61. The topological polar surface area (TPSA) is 64.3 Å². The highest BCUT2D eigenvalue weighted by atomic mass is 79.9. The quantitative estimate of drug-likeness (QED) is 0.910. The second-order valence-corrected chi connectivity index (χ2v) is 5.08. The number of methoxy groups -OCH3 is 1. The first-order chi connectivity index (χ1) is 9.54. The van der Waals surface area contributed by atoms with Crippen molar-refractivity contribution in [1.29, 1.82) is 0 Å². The average molecular weight is 339 g/mol. The summed E-state index contributed by atoms with van der Waals surface area (Å²) in [6, 6.07) is 7.60. The number of aliphatic carboxylic acids is 1. The van der Waals surface area contributed by atoms with Crippen molar-refractivity contribution < 1.29 is 14.6 Å². The van der Waals surface area contributed by atoms with Gasteiger partial charge < -0.3 is 14.4 Å². The molecule has 1 N–H and O–H groups in total. The highest BCUT2D eigenvalue weighted by molar-refractivity contribution is 9.10. The molecule has 2 aromatic rings. The lowest BCUT2D eigenvalue weighted by atomic mass is 10.2. The molecular formula is C14H15BrN2O3. The maximum Gasteiger partial charge on any atom is 0.303 e. The van der Waals surface area contributed by atoms with Gasteiger partial charge >= 0.3 is 5.97 Å². The summed E-state index contributed by atoms with van der Waals surface area (Å²) in [5, 5.41) is 8.77. The van der Waals surface area contributed by atoms with Crippen LogP contribution in [0.25, 0.3) is 11.4 Å². The van der Waals surface area contributed by atoms with E-state index in [-0.39, 0.29) is 6.42 Å². The van der Waals surface area contributed by atoms with Crippen molar-refractivity contribution in [3.05, 3.63) is 34.6 Å². The Morgan fingerprint density at radius 3 is 2.80 bits per heavy atom. The van der Waals surface area contributed by atoms with E-state index in [4.69, 9.17) is 9.84 Å². The van der Waals surface area contributed by atoms with E-state index in [2.05, 4.69) is 20.9 Å². The van der Waals surface area contributed by atoms with E-state index < -0.39 is 5.97 Å². The number of aryl methyl sites for hydroxylation is 1. The molecule has 0 amide bonds. The summed E-state index contributed by atoms with van der Waals surface area (Å²) in [6.45, 7) is 0. The van der Waals surface area contributed by atoms with Crippen LogP contribution >= 0.6 is 15.9 Å². The number of imidazole rings is 1. The summed E-state index contributed by atoms with van der Waals surface area (Å²) in [4.78, 5) is 15.2.